The quantitative estimate of drug-likeness (QED) is 0.717. The zero-order chi connectivity index (χ0) is 18.5. The van der Waals surface area contributed by atoms with E-state index in [1.807, 2.05) is 69.3 Å². The minimum Gasteiger partial charge on any atom is -0.489 e. The van der Waals surface area contributed by atoms with Crippen molar-refractivity contribution in [2.75, 3.05) is 5.32 Å². The normalized spacial score (nSPS) is 10.6. The molecule has 2 aromatic carbocycles. The molecule has 0 radical (unpaired) electrons. The molecule has 5 nitrogen and oxygen atoms in total. The molecule has 0 saturated heterocycles. The van der Waals surface area contributed by atoms with E-state index in [9.17, 15) is 4.79 Å². The van der Waals surface area contributed by atoms with Gasteiger partial charge in [-0.15, -0.1) is 0 Å². The Hall–Kier alpha value is -3.08. The van der Waals surface area contributed by atoms with E-state index in [0.29, 0.717) is 13.0 Å². The fourth-order valence-electron chi connectivity index (χ4n) is 2.68. The second kappa shape index (κ2) is 7.87. The van der Waals surface area contributed by atoms with Gasteiger partial charge in [0.2, 0.25) is 5.91 Å². The predicted molar refractivity (Wildman–Crippen MR) is 100 cm³/mol. The van der Waals surface area contributed by atoms with Crippen LogP contribution in [0.1, 0.15) is 28.1 Å². The highest BCUT2D eigenvalue weighted by Gasteiger charge is 2.10. The summed E-state index contributed by atoms with van der Waals surface area (Å²) in [5, 5.41) is 6.83. The van der Waals surface area contributed by atoms with E-state index >= 15 is 0 Å². The Balaban J connectivity index is 1.55. The lowest BCUT2D eigenvalue weighted by atomic mass is 10.1. The van der Waals surface area contributed by atoms with Crippen molar-refractivity contribution >= 4 is 11.6 Å². The maximum Gasteiger partial charge on any atom is 0.228 e. The molecule has 0 bridgehead atoms. The van der Waals surface area contributed by atoms with Crippen molar-refractivity contribution in [2.24, 2.45) is 0 Å². The number of anilines is 1. The highest BCUT2D eigenvalue weighted by molar-refractivity contribution is 5.92. The monoisotopic (exact) mass is 350 g/mol. The Morgan fingerprint density at radius 1 is 1.12 bits per heavy atom. The molecule has 5 heteroatoms. The lowest BCUT2D eigenvalue weighted by Crippen LogP contribution is -2.14. The molecule has 1 aromatic heterocycles. The van der Waals surface area contributed by atoms with E-state index in [4.69, 9.17) is 9.26 Å². The number of nitrogens with one attached hydrogen (secondary N) is 1. The van der Waals surface area contributed by atoms with Crippen LogP contribution in [0.4, 0.5) is 5.69 Å². The van der Waals surface area contributed by atoms with Gasteiger partial charge in [0.1, 0.15) is 18.1 Å². The predicted octanol–water partition coefficient (Wildman–Crippen LogP) is 4.36. The first-order valence-electron chi connectivity index (χ1n) is 8.51. The van der Waals surface area contributed by atoms with Crippen LogP contribution in [-0.4, -0.2) is 11.1 Å². The van der Waals surface area contributed by atoms with Crippen LogP contribution in [-0.2, 0) is 17.8 Å². The molecule has 0 spiro atoms. The van der Waals surface area contributed by atoms with Gasteiger partial charge in [-0.3, -0.25) is 4.79 Å². The first-order chi connectivity index (χ1) is 12.5. The van der Waals surface area contributed by atoms with Crippen molar-refractivity contribution in [1.82, 2.24) is 5.16 Å². The third kappa shape index (κ3) is 4.51. The van der Waals surface area contributed by atoms with Gasteiger partial charge < -0.3 is 14.6 Å². The highest BCUT2D eigenvalue weighted by Crippen LogP contribution is 2.18. The van der Waals surface area contributed by atoms with Crippen molar-refractivity contribution in [3.63, 3.8) is 0 Å². The van der Waals surface area contributed by atoms with Crippen LogP contribution in [0, 0.1) is 20.8 Å². The molecule has 1 amide bonds. The number of hydrogen-bond acceptors (Lipinski definition) is 4. The lowest BCUT2D eigenvalue weighted by Gasteiger charge is -2.08. The maximum absolute atomic E-state index is 12.2. The number of benzene rings is 2. The lowest BCUT2D eigenvalue weighted by molar-refractivity contribution is -0.115. The fraction of sp³-hybridized carbons (Fsp3) is 0.238. The Morgan fingerprint density at radius 3 is 2.54 bits per heavy atom. The van der Waals surface area contributed by atoms with Crippen LogP contribution in [0.25, 0.3) is 0 Å². The molecule has 0 aliphatic heterocycles. The summed E-state index contributed by atoms with van der Waals surface area (Å²) < 4.78 is 10.9. The molecule has 26 heavy (non-hydrogen) atoms. The van der Waals surface area contributed by atoms with Gasteiger partial charge in [-0.1, -0.05) is 29.4 Å². The standard InChI is InChI=1S/C21H22N2O3/c1-14-5-4-6-18(11-14)22-21(24)12-17-7-9-19(10-8-17)25-13-20-15(2)23-26-16(20)3/h4-11H,12-13H2,1-3H3,(H,22,24). The number of aryl methyl sites for hydroxylation is 3. The van der Waals surface area contributed by atoms with E-state index < -0.39 is 0 Å². The van der Waals surface area contributed by atoms with Gasteiger partial charge in [-0.25, -0.2) is 0 Å². The van der Waals surface area contributed by atoms with Crippen LogP contribution >= 0.6 is 0 Å². The van der Waals surface area contributed by atoms with E-state index in [1.54, 1.807) is 0 Å². The van der Waals surface area contributed by atoms with Gasteiger partial charge in [0, 0.05) is 5.69 Å². The van der Waals surface area contributed by atoms with Crippen molar-refractivity contribution in [3.05, 3.63) is 76.7 Å². The number of carbonyl (C=O) groups excluding carboxylic acids is 1. The van der Waals surface area contributed by atoms with Crippen LogP contribution in [0.3, 0.4) is 0 Å². The molecule has 0 aliphatic rings. The molecule has 134 valence electrons. The van der Waals surface area contributed by atoms with E-state index in [-0.39, 0.29) is 5.91 Å². The third-order valence-corrected chi connectivity index (χ3v) is 4.15. The van der Waals surface area contributed by atoms with E-state index in [0.717, 1.165) is 39.6 Å². The zero-order valence-corrected chi connectivity index (χ0v) is 15.2. The number of carbonyl (C=O) groups is 1. The largest absolute Gasteiger partial charge is 0.489 e. The topological polar surface area (TPSA) is 64.4 Å². The molecular formula is C21H22N2O3. The number of amides is 1. The van der Waals surface area contributed by atoms with E-state index in [2.05, 4.69) is 10.5 Å². The Kier molecular flexibility index (Phi) is 5.37. The van der Waals surface area contributed by atoms with Crippen molar-refractivity contribution < 1.29 is 14.1 Å². The molecule has 1 heterocycles. The molecule has 1 N–H and O–H groups in total. The summed E-state index contributed by atoms with van der Waals surface area (Å²) in [4.78, 5) is 12.2. The van der Waals surface area contributed by atoms with Crippen LogP contribution in [0.15, 0.2) is 53.1 Å². The minimum atomic E-state index is -0.0417. The number of hydrogen-bond donors (Lipinski definition) is 1. The van der Waals surface area contributed by atoms with Gasteiger partial charge in [0.15, 0.2) is 0 Å². The van der Waals surface area contributed by atoms with Crippen molar-refractivity contribution in [1.29, 1.82) is 0 Å². The van der Waals surface area contributed by atoms with Crippen molar-refractivity contribution in [2.45, 2.75) is 33.8 Å². The molecule has 0 aliphatic carbocycles. The highest BCUT2D eigenvalue weighted by atomic mass is 16.5. The number of rotatable bonds is 6. The molecular weight excluding hydrogens is 328 g/mol. The van der Waals surface area contributed by atoms with Crippen LogP contribution < -0.4 is 10.1 Å². The average Bonchev–Trinajstić information content (AvgIpc) is 2.92. The number of ether oxygens (including phenoxy) is 1. The average molecular weight is 350 g/mol. The maximum atomic E-state index is 12.2. The second-order valence-corrected chi connectivity index (χ2v) is 6.33. The minimum absolute atomic E-state index is 0.0417. The van der Waals surface area contributed by atoms with Gasteiger partial charge >= 0.3 is 0 Å². The first kappa shape index (κ1) is 17.7. The van der Waals surface area contributed by atoms with Gasteiger partial charge in [-0.05, 0) is 56.2 Å². The first-order valence-corrected chi connectivity index (χ1v) is 8.51. The second-order valence-electron chi connectivity index (χ2n) is 6.33. The molecule has 0 atom stereocenters. The van der Waals surface area contributed by atoms with Crippen LogP contribution in [0.5, 0.6) is 5.75 Å². The summed E-state index contributed by atoms with van der Waals surface area (Å²) in [7, 11) is 0. The summed E-state index contributed by atoms with van der Waals surface area (Å²) in [6, 6.07) is 15.3. The van der Waals surface area contributed by atoms with Crippen LogP contribution in [0.2, 0.25) is 0 Å². The number of aromatic nitrogens is 1. The summed E-state index contributed by atoms with van der Waals surface area (Å²) in [5.41, 5.74) is 4.66. The SMILES string of the molecule is Cc1cccc(NC(=O)Cc2ccc(OCc3c(C)noc3C)cc2)c1. The molecule has 0 fully saturated rings. The molecule has 3 aromatic rings. The smallest absolute Gasteiger partial charge is 0.228 e. The fourth-order valence-corrected chi connectivity index (χ4v) is 2.68. The third-order valence-electron chi connectivity index (χ3n) is 4.15. The van der Waals surface area contributed by atoms with Gasteiger partial charge in [0.05, 0.1) is 17.7 Å². The van der Waals surface area contributed by atoms with Gasteiger partial charge in [0.25, 0.3) is 0 Å². The van der Waals surface area contributed by atoms with Gasteiger partial charge in [-0.2, -0.15) is 0 Å². The number of nitrogens with zero attached hydrogens (tertiary/aromatic N) is 1. The summed E-state index contributed by atoms with van der Waals surface area (Å²) in [5.74, 6) is 1.47. The molecule has 0 saturated carbocycles. The summed E-state index contributed by atoms with van der Waals surface area (Å²) in [6.45, 7) is 6.17. The molecule has 0 unspecified atom stereocenters. The van der Waals surface area contributed by atoms with Crippen molar-refractivity contribution in [3.8, 4) is 5.75 Å². The van der Waals surface area contributed by atoms with E-state index in [1.165, 1.54) is 0 Å². The Morgan fingerprint density at radius 2 is 1.88 bits per heavy atom. The molecule has 3 rings (SSSR count). The summed E-state index contributed by atoms with van der Waals surface area (Å²) in [6.07, 6.45) is 0.318. The summed E-state index contributed by atoms with van der Waals surface area (Å²) >= 11 is 0. The zero-order valence-electron chi connectivity index (χ0n) is 15.2. The Labute approximate surface area is 153 Å². The Bertz CT molecular complexity index is 878.